The summed E-state index contributed by atoms with van der Waals surface area (Å²) in [5.41, 5.74) is 0.926. The topological polar surface area (TPSA) is 83.1 Å². The van der Waals surface area contributed by atoms with Crippen molar-refractivity contribution in [1.29, 1.82) is 0 Å². The number of carbonyl (C=O) groups is 1. The largest absolute Gasteiger partial charge is 0.494 e. The van der Waals surface area contributed by atoms with Gasteiger partial charge in [-0.2, -0.15) is 18.2 Å². The Hall–Kier alpha value is -4.06. The molecule has 43 heavy (non-hydrogen) atoms. The van der Waals surface area contributed by atoms with Crippen LogP contribution in [-0.2, 0) is 11.7 Å². The van der Waals surface area contributed by atoms with Gasteiger partial charge in [-0.25, -0.2) is 4.98 Å². The minimum atomic E-state index is -4.78. The lowest BCUT2D eigenvalue weighted by molar-refractivity contribution is -0.139. The lowest BCUT2D eigenvalue weighted by Gasteiger charge is -2.54. The number of aromatic nitrogens is 2. The molecule has 0 radical (unpaired) electrons. The summed E-state index contributed by atoms with van der Waals surface area (Å²) in [5, 5.41) is 2.98. The molecule has 1 amide bonds. The number of hydrogen-bond donors (Lipinski definition) is 1. The lowest BCUT2D eigenvalue weighted by Crippen LogP contribution is -2.60. The number of rotatable bonds is 6. The van der Waals surface area contributed by atoms with Gasteiger partial charge in [0.15, 0.2) is 0 Å². The van der Waals surface area contributed by atoms with Crippen molar-refractivity contribution in [2.45, 2.75) is 38.4 Å². The molecule has 4 heterocycles. The van der Waals surface area contributed by atoms with Gasteiger partial charge in [0.05, 0.1) is 23.9 Å². The first kappa shape index (κ1) is 29.0. The number of ether oxygens (including phenoxy) is 2. The van der Waals surface area contributed by atoms with Gasteiger partial charge in [-0.3, -0.25) is 4.79 Å². The van der Waals surface area contributed by atoms with Gasteiger partial charge in [0, 0.05) is 43.5 Å². The normalized spacial score (nSPS) is 19.3. The molecule has 0 unspecified atom stereocenters. The van der Waals surface area contributed by atoms with Crippen LogP contribution in [0, 0.1) is 5.41 Å². The summed E-state index contributed by atoms with van der Waals surface area (Å²) in [4.78, 5) is 27.3. The Bertz CT molecular complexity index is 1560. The van der Waals surface area contributed by atoms with Crippen LogP contribution in [0.15, 0.2) is 42.6 Å². The molecular formula is C31H35F3N6O3. The Morgan fingerprint density at radius 1 is 1.02 bits per heavy atom. The maximum atomic E-state index is 14.0. The van der Waals surface area contributed by atoms with Crippen molar-refractivity contribution >= 4 is 23.2 Å². The van der Waals surface area contributed by atoms with Gasteiger partial charge in [-0.15, -0.1) is 0 Å². The number of amides is 1. The maximum Gasteiger partial charge on any atom is 0.423 e. The molecule has 0 aliphatic carbocycles. The Kier molecular flexibility index (Phi) is 6.95. The second-order valence-electron chi connectivity index (χ2n) is 12.3. The third kappa shape index (κ3) is 5.11. The summed E-state index contributed by atoms with van der Waals surface area (Å²) in [5.74, 6) is -0.665. The monoisotopic (exact) mass is 596 g/mol. The highest BCUT2D eigenvalue weighted by atomic mass is 19.4. The molecule has 2 aromatic carbocycles. The molecule has 1 aromatic heterocycles. The summed E-state index contributed by atoms with van der Waals surface area (Å²) in [6.07, 6.45) is -1.75. The molecule has 0 bridgehead atoms. The van der Waals surface area contributed by atoms with Crippen LogP contribution in [0.25, 0.3) is 0 Å². The highest BCUT2D eigenvalue weighted by Gasteiger charge is 2.45. The fourth-order valence-corrected chi connectivity index (χ4v) is 6.21. The van der Waals surface area contributed by atoms with Gasteiger partial charge in [0.2, 0.25) is 11.8 Å². The number of piperidine rings is 1. The number of nitrogens with zero attached hydrogens (tertiary/aromatic N) is 5. The number of carbonyl (C=O) groups excluding carboxylic acids is 1. The van der Waals surface area contributed by atoms with Crippen molar-refractivity contribution in [2.24, 2.45) is 5.41 Å². The Labute approximate surface area is 248 Å². The first-order valence-corrected chi connectivity index (χ1v) is 14.2. The smallest absolute Gasteiger partial charge is 0.423 e. The molecule has 6 rings (SSSR count). The second-order valence-corrected chi connectivity index (χ2v) is 12.3. The molecule has 0 atom stereocenters. The van der Waals surface area contributed by atoms with Crippen molar-refractivity contribution in [3.05, 3.63) is 59.3 Å². The number of anilines is 3. The van der Waals surface area contributed by atoms with Crippen LogP contribution in [0.1, 0.15) is 48.2 Å². The molecule has 1 spiro atoms. The van der Waals surface area contributed by atoms with Crippen LogP contribution in [0.2, 0.25) is 0 Å². The van der Waals surface area contributed by atoms with E-state index in [2.05, 4.69) is 32.1 Å². The molecule has 3 aromatic rings. The van der Waals surface area contributed by atoms with Crippen LogP contribution in [0.4, 0.5) is 30.5 Å². The van der Waals surface area contributed by atoms with Crippen molar-refractivity contribution in [1.82, 2.24) is 19.8 Å². The van der Waals surface area contributed by atoms with E-state index in [-0.39, 0.29) is 23.2 Å². The van der Waals surface area contributed by atoms with Crippen molar-refractivity contribution in [2.75, 3.05) is 57.6 Å². The summed E-state index contributed by atoms with van der Waals surface area (Å²) in [6.45, 7) is 7.91. The number of methoxy groups -OCH3 is 1. The van der Waals surface area contributed by atoms with E-state index < -0.39 is 23.2 Å². The Balaban J connectivity index is 1.26. The zero-order valence-electron chi connectivity index (χ0n) is 24.9. The number of likely N-dealkylation sites (tertiary alicyclic amines) is 1. The van der Waals surface area contributed by atoms with Gasteiger partial charge in [-0.05, 0) is 70.6 Å². The summed E-state index contributed by atoms with van der Waals surface area (Å²) < 4.78 is 53.4. The standard InChI is InChI=1S/C31H35F3N6O3/c1-29(2)20-7-6-8-23(25(20)27(41)39(29)4)43-26-21(31(32,33)34)16-35-28(37-26)36-22-10-9-19(15-24(22)42-5)40-17-30(18-40)11-13-38(3)14-12-30/h6-10,15-16H,11-14,17-18H2,1-5H3,(H,35,36,37). The van der Waals surface area contributed by atoms with E-state index in [1.54, 1.807) is 25.2 Å². The lowest BCUT2D eigenvalue weighted by atomic mass is 9.72. The number of benzene rings is 2. The van der Waals surface area contributed by atoms with E-state index >= 15 is 0 Å². The highest BCUT2D eigenvalue weighted by molar-refractivity contribution is 6.02. The first-order chi connectivity index (χ1) is 20.3. The molecule has 228 valence electrons. The molecule has 9 nitrogen and oxygen atoms in total. The van der Waals surface area contributed by atoms with E-state index in [9.17, 15) is 18.0 Å². The van der Waals surface area contributed by atoms with Crippen LogP contribution >= 0.6 is 0 Å². The van der Waals surface area contributed by atoms with Crippen LogP contribution < -0.4 is 19.7 Å². The average molecular weight is 597 g/mol. The van der Waals surface area contributed by atoms with Crippen molar-refractivity contribution in [3.63, 3.8) is 0 Å². The summed E-state index contributed by atoms with van der Waals surface area (Å²) in [6, 6.07) is 10.5. The van der Waals surface area contributed by atoms with Gasteiger partial charge in [-0.1, -0.05) is 12.1 Å². The van der Waals surface area contributed by atoms with E-state index in [1.807, 2.05) is 26.0 Å². The molecule has 3 aliphatic heterocycles. The number of alkyl halides is 3. The molecular weight excluding hydrogens is 561 g/mol. The molecule has 2 fully saturated rings. The fraction of sp³-hybridized carbons (Fsp3) is 0.452. The SMILES string of the molecule is COc1cc(N2CC3(CCN(C)CC3)C2)ccc1Nc1ncc(C(F)(F)F)c(Oc2cccc3c2C(=O)N(C)C3(C)C)n1. The van der Waals surface area contributed by atoms with E-state index in [4.69, 9.17) is 9.47 Å². The van der Waals surface area contributed by atoms with Crippen molar-refractivity contribution in [3.8, 4) is 17.4 Å². The number of nitrogens with one attached hydrogen (secondary N) is 1. The van der Waals surface area contributed by atoms with Crippen LogP contribution in [-0.4, -0.2) is 73.1 Å². The van der Waals surface area contributed by atoms with Gasteiger partial charge >= 0.3 is 6.18 Å². The molecule has 0 saturated carbocycles. The molecule has 1 N–H and O–H groups in total. The number of fused-ring (bicyclic) bond motifs is 1. The van der Waals surface area contributed by atoms with Crippen molar-refractivity contribution < 1.29 is 27.4 Å². The minimum Gasteiger partial charge on any atom is -0.494 e. The minimum absolute atomic E-state index is 0.00561. The predicted molar refractivity (Wildman–Crippen MR) is 156 cm³/mol. The molecule has 12 heteroatoms. The van der Waals surface area contributed by atoms with Gasteiger partial charge in [0.1, 0.15) is 17.1 Å². The third-order valence-corrected chi connectivity index (χ3v) is 9.21. The third-order valence-electron chi connectivity index (χ3n) is 9.21. The first-order valence-electron chi connectivity index (χ1n) is 14.2. The zero-order valence-corrected chi connectivity index (χ0v) is 24.9. The number of halogens is 3. The highest BCUT2D eigenvalue weighted by Crippen LogP contribution is 2.46. The van der Waals surface area contributed by atoms with Crippen LogP contribution in [0.5, 0.6) is 17.4 Å². The average Bonchev–Trinajstić information content (AvgIpc) is 3.12. The predicted octanol–water partition coefficient (Wildman–Crippen LogP) is 5.89. The Morgan fingerprint density at radius 3 is 2.42 bits per heavy atom. The van der Waals surface area contributed by atoms with Gasteiger partial charge in [0.25, 0.3) is 5.91 Å². The van der Waals surface area contributed by atoms with E-state index in [1.165, 1.54) is 30.9 Å². The van der Waals surface area contributed by atoms with E-state index in [0.717, 1.165) is 31.9 Å². The maximum absolute atomic E-state index is 14.0. The van der Waals surface area contributed by atoms with Crippen LogP contribution in [0.3, 0.4) is 0 Å². The number of hydrogen-bond acceptors (Lipinski definition) is 8. The van der Waals surface area contributed by atoms with E-state index in [0.29, 0.717) is 28.6 Å². The molecule has 2 saturated heterocycles. The summed E-state index contributed by atoms with van der Waals surface area (Å²) in [7, 11) is 5.34. The Morgan fingerprint density at radius 2 is 1.74 bits per heavy atom. The van der Waals surface area contributed by atoms with Gasteiger partial charge < -0.3 is 29.5 Å². The summed E-state index contributed by atoms with van der Waals surface area (Å²) >= 11 is 0. The fourth-order valence-electron chi connectivity index (χ4n) is 6.21. The second kappa shape index (κ2) is 10.3. The zero-order chi connectivity index (χ0) is 30.7. The molecule has 3 aliphatic rings. The quantitative estimate of drug-likeness (QED) is 0.377.